The minimum Gasteiger partial charge on any atom is -0.490 e. The number of carbonyl (C=O) groups excluding carboxylic acids is 2. The number of hydrogen-bond acceptors (Lipinski definition) is 5. The average Bonchev–Trinajstić information content (AvgIpc) is 2.85. The van der Waals surface area contributed by atoms with Gasteiger partial charge in [-0.3, -0.25) is 9.59 Å². The lowest BCUT2D eigenvalue weighted by Crippen LogP contribution is -2.59. The highest BCUT2D eigenvalue weighted by atomic mass is 35.5. The second-order valence-corrected chi connectivity index (χ2v) is 10.2. The van der Waals surface area contributed by atoms with Gasteiger partial charge in [-0.05, 0) is 43.4 Å². The first-order valence-electron chi connectivity index (χ1n) is 11.5. The highest BCUT2D eigenvalue weighted by Crippen LogP contribution is 2.29. The summed E-state index contributed by atoms with van der Waals surface area (Å²) in [7, 11) is 2.04. The molecule has 2 saturated heterocycles. The quantitative estimate of drug-likeness (QED) is 0.552. The number of morpholine rings is 1. The Morgan fingerprint density at radius 1 is 0.971 bits per heavy atom. The van der Waals surface area contributed by atoms with Gasteiger partial charge in [0.15, 0.2) is 0 Å². The number of hydrogen-bond donors (Lipinski definition) is 0. The van der Waals surface area contributed by atoms with E-state index in [4.69, 9.17) is 44.3 Å². The van der Waals surface area contributed by atoms with Crippen LogP contribution in [0.4, 0.5) is 0 Å². The summed E-state index contributed by atoms with van der Waals surface area (Å²) in [5, 5.41) is 1.24. The highest BCUT2D eigenvalue weighted by molar-refractivity contribution is 6.42. The van der Waals surface area contributed by atoms with Crippen LogP contribution in [-0.2, 0) is 9.53 Å². The van der Waals surface area contributed by atoms with Gasteiger partial charge in [0.1, 0.15) is 18.0 Å². The maximum Gasteiger partial charge on any atom is 0.254 e. The predicted molar refractivity (Wildman–Crippen MR) is 137 cm³/mol. The van der Waals surface area contributed by atoms with Gasteiger partial charge < -0.3 is 24.2 Å². The molecule has 0 spiro atoms. The first kappa shape index (κ1) is 26.0. The minimum atomic E-state index is -1.01. The molecule has 7 nitrogen and oxygen atoms in total. The van der Waals surface area contributed by atoms with Crippen LogP contribution in [0.2, 0.25) is 15.1 Å². The molecular formula is C25H28Cl3N3O4. The molecule has 1 atom stereocenters. The summed E-state index contributed by atoms with van der Waals surface area (Å²) in [6.07, 6.45) is 0.0996. The van der Waals surface area contributed by atoms with Crippen molar-refractivity contribution in [2.75, 3.05) is 59.5 Å². The molecule has 0 N–H and O–H groups in total. The van der Waals surface area contributed by atoms with Crippen LogP contribution >= 0.6 is 34.8 Å². The fourth-order valence-electron chi connectivity index (χ4n) is 4.29. The smallest absolute Gasteiger partial charge is 0.254 e. The van der Waals surface area contributed by atoms with Crippen molar-refractivity contribution in [1.82, 2.24) is 14.7 Å². The number of nitrogens with zero attached hydrogens (tertiary/aromatic N) is 3. The standard InChI is InChI=1S/C25H28Cl3N3O4/c1-29-7-9-30(10-8-29)23(32)15-25(17-34-20-4-2-3-19(26)14-20)16-31(11-12-35-25)24(33)18-5-6-21(27)22(28)13-18/h2-6,13-14H,7-12,15-17H2,1H3/t25-/m1/s1. The van der Waals surface area contributed by atoms with E-state index in [1.54, 1.807) is 47.4 Å². The Balaban J connectivity index is 1.54. The Bertz CT molecular complexity index is 1080. The lowest BCUT2D eigenvalue weighted by atomic mass is 9.96. The lowest BCUT2D eigenvalue weighted by molar-refractivity contribution is -0.154. The Labute approximate surface area is 220 Å². The molecule has 2 aliphatic heterocycles. The van der Waals surface area contributed by atoms with Crippen LogP contribution in [0.3, 0.4) is 0 Å². The number of carbonyl (C=O) groups is 2. The molecule has 0 unspecified atom stereocenters. The van der Waals surface area contributed by atoms with E-state index < -0.39 is 5.60 Å². The van der Waals surface area contributed by atoms with Crippen molar-refractivity contribution >= 4 is 46.6 Å². The molecule has 4 rings (SSSR count). The van der Waals surface area contributed by atoms with Crippen LogP contribution in [-0.4, -0.2) is 91.6 Å². The Morgan fingerprint density at radius 3 is 2.46 bits per heavy atom. The molecule has 188 valence electrons. The van der Waals surface area contributed by atoms with Crippen molar-refractivity contribution in [2.24, 2.45) is 0 Å². The second kappa shape index (κ2) is 11.4. The third-order valence-electron chi connectivity index (χ3n) is 6.33. The first-order chi connectivity index (χ1) is 16.7. The summed E-state index contributed by atoms with van der Waals surface area (Å²) in [6.45, 7) is 3.92. The predicted octanol–water partition coefficient (Wildman–Crippen LogP) is 4.10. The van der Waals surface area contributed by atoms with Crippen molar-refractivity contribution in [3.05, 3.63) is 63.1 Å². The van der Waals surface area contributed by atoms with Crippen LogP contribution in [0.25, 0.3) is 0 Å². The van der Waals surface area contributed by atoms with Gasteiger partial charge in [-0.15, -0.1) is 0 Å². The van der Waals surface area contributed by atoms with Gasteiger partial charge in [0, 0.05) is 43.3 Å². The number of ether oxygens (including phenoxy) is 2. The average molecular weight is 541 g/mol. The topological polar surface area (TPSA) is 62.3 Å². The zero-order chi connectivity index (χ0) is 25.0. The summed E-state index contributed by atoms with van der Waals surface area (Å²) in [6, 6.07) is 11.9. The second-order valence-electron chi connectivity index (χ2n) is 8.99. The Hall–Kier alpha value is -2.03. The van der Waals surface area contributed by atoms with Crippen molar-refractivity contribution in [2.45, 2.75) is 12.0 Å². The Kier molecular flexibility index (Phi) is 8.45. The van der Waals surface area contributed by atoms with Crippen LogP contribution in [0, 0.1) is 0 Å². The maximum atomic E-state index is 13.3. The molecule has 2 aliphatic rings. The molecule has 0 aromatic heterocycles. The number of halogens is 3. The van der Waals surface area contributed by atoms with E-state index in [1.165, 1.54) is 0 Å². The molecule has 0 bridgehead atoms. The van der Waals surface area contributed by atoms with E-state index in [9.17, 15) is 9.59 Å². The summed E-state index contributed by atoms with van der Waals surface area (Å²) < 4.78 is 12.2. The number of benzene rings is 2. The van der Waals surface area contributed by atoms with Gasteiger partial charge in [0.05, 0.1) is 29.6 Å². The summed E-state index contributed by atoms with van der Waals surface area (Å²) >= 11 is 18.3. The highest BCUT2D eigenvalue weighted by Gasteiger charge is 2.42. The van der Waals surface area contributed by atoms with Gasteiger partial charge in [-0.25, -0.2) is 0 Å². The van der Waals surface area contributed by atoms with Crippen LogP contribution in [0.5, 0.6) is 5.75 Å². The van der Waals surface area contributed by atoms with Gasteiger partial charge in [0.2, 0.25) is 5.91 Å². The minimum absolute atomic E-state index is 0.0170. The number of amides is 2. The van der Waals surface area contributed by atoms with E-state index >= 15 is 0 Å². The number of piperazine rings is 1. The molecule has 2 fully saturated rings. The molecule has 0 saturated carbocycles. The third-order valence-corrected chi connectivity index (χ3v) is 7.30. The zero-order valence-corrected chi connectivity index (χ0v) is 21.8. The van der Waals surface area contributed by atoms with Gasteiger partial charge >= 0.3 is 0 Å². The molecule has 2 heterocycles. The van der Waals surface area contributed by atoms with Gasteiger partial charge in [0.25, 0.3) is 5.91 Å². The number of rotatable bonds is 6. The molecular weight excluding hydrogens is 513 g/mol. The van der Waals surface area contributed by atoms with E-state index in [0.717, 1.165) is 13.1 Å². The molecule has 0 aliphatic carbocycles. The monoisotopic (exact) mass is 539 g/mol. The molecule has 0 radical (unpaired) electrons. The summed E-state index contributed by atoms with van der Waals surface area (Å²) in [5.41, 5.74) is -0.580. The lowest BCUT2D eigenvalue weighted by Gasteiger charge is -2.43. The maximum absolute atomic E-state index is 13.3. The number of likely N-dealkylation sites (N-methyl/N-ethyl adjacent to an activating group) is 1. The van der Waals surface area contributed by atoms with Gasteiger partial charge in [-0.2, -0.15) is 0 Å². The van der Waals surface area contributed by atoms with Crippen LogP contribution in [0.15, 0.2) is 42.5 Å². The fraction of sp³-hybridized carbons (Fsp3) is 0.440. The zero-order valence-electron chi connectivity index (χ0n) is 19.5. The van der Waals surface area contributed by atoms with Crippen molar-refractivity contribution < 1.29 is 19.1 Å². The summed E-state index contributed by atoms with van der Waals surface area (Å²) in [5.74, 6) is 0.350. The molecule has 10 heteroatoms. The van der Waals surface area contributed by atoms with Crippen molar-refractivity contribution in [1.29, 1.82) is 0 Å². The normalized spacial score (nSPS) is 21.1. The third kappa shape index (κ3) is 6.60. The van der Waals surface area contributed by atoms with E-state index in [0.29, 0.717) is 46.0 Å². The van der Waals surface area contributed by atoms with E-state index in [-0.39, 0.29) is 38.0 Å². The summed E-state index contributed by atoms with van der Waals surface area (Å²) in [4.78, 5) is 32.3. The van der Waals surface area contributed by atoms with Crippen molar-refractivity contribution in [3.63, 3.8) is 0 Å². The SMILES string of the molecule is CN1CCN(C(=O)C[C@]2(COc3cccc(Cl)c3)CN(C(=O)c3ccc(Cl)c(Cl)c3)CCO2)CC1. The molecule has 2 aromatic rings. The van der Waals surface area contributed by atoms with Crippen molar-refractivity contribution in [3.8, 4) is 5.75 Å². The molecule has 2 aromatic carbocycles. The van der Waals surface area contributed by atoms with Gasteiger partial charge in [-0.1, -0.05) is 40.9 Å². The van der Waals surface area contributed by atoms with E-state index in [2.05, 4.69) is 4.90 Å². The largest absolute Gasteiger partial charge is 0.490 e. The van der Waals surface area contributed by atoms with E-state index in [1.807, 2.05) is 11.9 Å². The molecule has 2 amide bonds. The Morgan fingerprint density at radius 2 is 1.74 bits per heavy atom. The van der Waals surface area contributed by atoms with Crippen LogP contribution in [0.1, 0.15) is 16.8 Å². The fourth-order valence-corrected chi connectivity index (χ4v) is 4.77. The molecule has 35 heavy (non-hydrogen) atoms. The van der Waals surface area contributed by atoms with Crippen LogP contribution < -0.4 is 4.74 Å². The first-order valence-corrected chi connectivity index (χ1v) is 12.6.